The van der Waals surface area contributed by atoms with Gasteiger partial charge in [-0.2, -0.15) is 0 Å². The highest BCUT2D eigenvalue weighted by Crippen LogP contribution is 2.36. The Labute approximate surface area is 103 Å². The van der Waals surface area contributed by atoms with E-state index in [2.05, 4.69) is 10.1 Å². The first-order chi connectivity index (χ1) is 7.53. The summed E-state index contributed by atoms with van der Waals surface area (Å²) in [6.45, 7) is 4.09. The van der Waals surface area contributed by atoms with Gasteiger partial charge in [0.2, 0.25) is 5.17 Å². The first-order valence-electron chi connectivity index (χ1n) is 4.79. The Hall–Kier alpha value is -1.00. The van der Waals surface area contributed by atoms with Crippen molar-refractivity contribution in [2.24, 2.45) is 10.1 Å². The number of aliphatic imine (C=N–C) groups is 1. The van der Waals surface area contributed by atoms with E-state index in [4.69, 9.17) is 16.8 Å². The van der Waals surface area contributed by atoms with E-state index >= 15 is 0 Å². The van der Waals surface area contributed by atoms with Crippen LogP contribution in [0.25, 0.3) is 0 Å². The van der Waals surface area contributed by atoms with E-state index in [1.807, 2.05) is 38.1 Å². The summed E-state index contributed by atoms with van der Waals surface area (Å²) in [4.78, 5) is 4.30. The van der Waals surface area contributed by atoms with Crippen molar-refractivity contribution in [2.75, 3.05) is 0 Å². The zero-order valence-corrected chi connectivity index (χ0v) is 10.5. The third kappa shape index (κ3) is 2.08. The second-order valence-corrected chi connectivity index (χ2v) is 5.99. The van der Waals surface area contributed by atoms with Gasteiger partial charge in [-0.15, -0.1) is 0 Å². The summed E-state index contributed by atoms with van der Waals surface area (Å²) in [5.41, 5.74) is 1.91. The molecule has 1 aliphatic rings. The molecule has 84 valence electrons. The molecule has 1 N–H and O–H groups in total. The summed E-state index contributed by atoms with van der Waals surface area (Å²) in [6, 6.07) is 7.50. The molecule has 0 unspecified atom stereocenters. The molecule has 1 aromatic rings. The Morgan fingerprint density at radius 1 is 1.31 bits per heavy atom. The van der Waals surface area contributed by atoms with E-state index in [-0.39, 0.29) is 4.75 Å². The van der Waals surface area contributed by atoms with Gasteiger partial charge in [-0.05, 0) is 31.5 Å². The number of amidine groups is 1. The fourth-order valence-corrected chi connectivity index (χ4v) is 2.61. The van der Waals surface area contributed by atoms with Crippen molar-refractivity contribution in [3.63, 3.8) is 0 Å². The molecule has 0 amide bonds. The van der Waals surface area contributed by atoms with Crippen molar-refractivity contribution in [1.82, 2.24) is 0 Å². The highest BCUT2D eigenvalue weighted by atomic mass is 35.5. The molecular formula is C11H11ClN2OS. The number of halogens is 1. The van der Waals surface area contributed by atoms with Gasteiger partial charge >= 0.3 is 0 Å². The predicted octanol–water partition coefficient (Wildman–Crippen LogP) is 3.40. The molecule has 5 heteroatoms. The quantitative estimate of drug-likeness (QED) is 0.617. The summed E-state index contributed by atoms with van der Waals surface area (Å²) in [6.07, 6.45) is 0. The van der Waals surface area contributed by atoms with Crippen LogP contribution in [0.1, 0.15) is 19.4 Å². The van der Waals surface area contributed by atoms with Gasteiger partial charge in [0.15, 0.2) is 0 Å². The molecule has 1 aromatic carbocycles. The lowest BCUT2D eigenvalue weighted by atomic mass is 9.99. The maximum absolute atomic E-state index is 8.75. The molecule has 0 spiro atoms. The van der Waals surface area contributed by atoms with Gasteiger partial charge in [0.1, 0.15) is 0 Å². The van der Waals surface area contributed by atoms with Gasteiger partial charge in [0, 0.05) is 5.02 Å². The smallest absolute Gasteiger partial charge is 0.227 e. The average molecular weight is 255 g/mol. The van der Waals surface area contributed by atoms with E-state index in [0.29, 0.717) is 10.2 Å². The van der Waals surface area contributed by atoms with Crippen molar-refractivity contribution in [2.45, 2.75) is 18.6 Å². The molecule has 0 atom stereocenters. The number of hydrogen-bond donors (Lipinski definition) is 1. The van der Waals surface area contributed by atoms with Crippen LogP contribution < -0.4 is 0 Å². The lowest BCUT2D eigenvalue weighted by molar-refractivity contribution is 0.320. The maximum atomic E-state index is 8.75. The van der Waals surface area contributed by atoms with Crippen LogP contribution >= 0.6 is 23.4 Å². The van der Waals surface area contributed by atoms with E-state index < -0.39 is 0 Å². The Morgan fingerprint density at radius 2 is 1.94 bits per heavy atom. The lowest BCUT2D eigenvalue weighted by Crippen LogP contribution is -2.24. The van der Waals surface area contributed by atoms with E-state index in [0.717, 1.165) is 11.3 Å². The summed E-state index contributed by atoms with van der Waals surface area (Å²) in [5.74, 6) is 0. The summed E-state index contributed by atoms with van der Waals surface area (Å²) in [5, 5.41) is 13.0. The summed E-state index contributed by atoms with van der Waals surface area (Å²) >= 11 is 7.27. The molecule has 0 fully saturated rings. The van der Waals surface area contributed by atoms with Gasteiger partial charge in [-0.3, -0.25) is 0 Å². The van der Waals surface area contributed by atoms with Crippen molar-refractivity contribution < 1.29 is 5.21 Å². The topological polar surface area (TPSA) is 45.0 Å². The predicted molar refractivity (Wildman–Crippen MR) is 68.9 cm³/mol. The van der Waals surface area contributed by atoms with Crippen molar-refractivity contribution >= 4 is 34.2 Å². The molecule has 0 saturated heterocycles. The van der Waals surface area contributed by atoms with Crippen molar-refractivity contribution in [3.05, 3.63) is 34.9 Å². The van der Waals surface area contributed by atoms with Crippen LogP contribution in [0.4, 0.5) is 0 Å². The zero-order valence-electron chi connectivity index (χ0n) is 8.94. The van der Waals surface area contributed by atoms with Crippen LogP contribution in [0, 0.1) is 0 Å². The van der Waals surface area contributed by atoms with E-state index in [1.54, 1.807) is 0 Å². The molecule has 0 bridgehead atoms. The SMILES string of the molecule is CC1(C)SC(=NO)N=C1c1ccc(Cl)cc1. The molecule has 3 nitrogen and oxygen atoms in total. The third-order valence-corrected chi connectivity index (χ3v) is 3.64. The number of benzene rings is 1. The second-order valence-electron chi connectivity index (χ2n) is 3.96. The molecule has 16 heavy (non-hydrogen) atoms. The van der Waals surface area contributed by atoms with E-state index in [9.17, 15) is 0 Å². The van der Waals surface area contributed by atoms with Gasteiger partial charge in [-0.1, -0.05) is 40.7 Å². The van der Waals surface area contributed by atoms with Crippen LogP contribution in [0.5, 0.6) is 0 Å². The number of nitrogens with zero attached hydrogens (tertiary/aromatic N) is 2. The van der Waals surface area contributed by atoms with Crippen LogP contribution in [0.15, 0.2) is 34.4 Å². The Balaban J connectivity index is 2.43. The molecular weight excluding hydrogens is 244 g/mol. The molecule has 0 aliphatic carbocycles. The van der Waals surface area contributed by atoms with Crippen LogP contribution in [-0.4, -0.2) is 20.8 Å². The summed E-state index contributed by atoms with van der Waals surface area (Å²) < 4.78 is -0.185. The number of rotatable bonds is 1. The highest BCUT2D eigenvalue weighted by molar-refractivity contribution is 8.16. The van der Waals surface area contributed by atoms with Crippen molar-refractivity contribution in [3.8, 4) is 0 Å². The van der Waals surface area contributed by atoms with Crippen LogP contribution in [-0.2, 0) is 0 Å². The molecule has 1 heterocycles. The molecule has 2 rings (SSSR count). The highest BCUT2D eigenvalue weighted by Gasteiger charge is 2.35. The minimum absolute atomic E-state index is 0.185. The Bertz CT molecular complexity index is 465. The average Bonchev–Trinajstić information content (AvgIpc) is 2.55. The lowest BCUT2D eigenvalue weighted by Gasteiger charge is -2.18. The second kappa shape index (κ2) is 4.11. The van der Waals surface area contributed by atoms with Crippen molar-refractivity contribution in [1.29, 1.82) is 0 Å². The third-order valence-electron chi connectivity index (χ3n) is 2.33. The number of oxime groups is 1. The zero-order chi connectivity index (χ0) is 11.8. The van der Waals surface area contributed by atoms with Gasteiger partial charge in [0.05, 0.1) is 10.5 Å². The largest absolute Gasteiger partial charge is 0.409 e. The fraction of sp³-hybridized carbons (Fsp3) is 0.273. The molecule has 1 aliphatic heterocycles. The minimum atomic E-state index is -0.185. The molecule has 0 aromatic heterocycles. The monoisotopic (exact) mass is 254 g/mol. The minimum Gasteiger partial charge on any atom is -0.409 e. The standard InChI is InChI=1S/C11H11ClN2OS/c1-11(2)9(13-10(14-15)16-11)7-3-5-8(12)6-4-7/h3-6,15H,1-2H3. The fourth-order valence-electron chi connectivity index (χ4n) is 1.59. The molecule has 0 saturated carbocycles. The number of thioether (sulfide) groups is 1. The van der Waals surface area contributed by atoms with Gasteiger partial charge in [0.25, 0.3) is 0 Å². The van der Waals surface area contributed by atoms with Gasteiger partial charge < -0.3 is 5.21 Å². The van der Waals surface area contributed by atoms with Gasteiger partial charge in [-0.25, -0.2) is 4.99 Å². The maximum Gasteiger partial charge on any atom is 0.227 e. The van der Waals surface area contributed by atoms with Crippen LogP contribution in [0.3, 0.4) is 0 Å². The van der Waals surface area contributed by atoms with Crippen LogP contribution in [0.2, 0.25) is 5.02 Å². The number of hydrogen-bond acceptors (Lipinski definition) is 3. The Kier molecular flexibility index (Phi) is 2.95. The normalized spacial score (nSPS) is 21.2. The van der Waals surface area contributed by atoms with E-state index in [1.165, 1.54) is 11.8 Å². The first kappa shape index (κ1) is 11.5. The summed E-state index contributed by atoms with van der Waals surface area (Å²) in [7, 11) is 0. The Morgan fingerprint density at radius 3 is 2.44 bits per heavy atom. The molecule has 0 radical (unpaired) electrons. The first-order valence-corrected chi connectivity index (χ1v) is 5.98.